The van der Waals surface area contributed by atoms with Gasteiger partial charge in [0.1, 0.15) is 6.61 Å². The molecule has 1 amide bonds. The minimum Gasteiger partial charge on any atom is -0.445 e. The van der Waals surface area contributed by atoms with Gasteiger partial charge in [0.05, 0.1) is 6.61 Å². The van der Waals surface area contributed by atoms with Crippen LogP contribution in [0.2, 0.25) is 0 Å². The van der Waals surface area contributed by atoms with Crippen molar-refractivity contribution in [2.75, 3.05) is 26.2 Å². The van der Waals surface area contributed by atoms with Crippen LogP contribution in [0, 0.1) is 0 Å². The summed E-state index contributed by atoms with van der Waals surface area (Å²) in [6.07, 6.45) is 4.07. The average Bonchev–Trinajstić information content (AvgIpc) is 3.40. The van der Waals surface area contributed by atoms with Gasteiger partial charge >= 0.3 is 6.09 Å². The van der Waals surface area contributed by atoms with E-state index >= 15 is 0 Å². The zero-order valence-electron chi connectivity index (χ0n) is 13.6. The molecule has 1 N–H and O–H groups in total. The summed E-state index contributed by atoms with van der Waals surface area (Å²) in [6.45, 7) is 3.05. The summed E-state index contributed by atoms with van der Waals surface area (Å²) in [7, 11) is 0. The van der Waals surface area contributed by atoms with Crippen LogP contribution in [-0.4, -0.2) is 59.3 Å². The van der Waals surface area contributed by atoms with Crippen LogP contribution in [0.25, 0.3) is 0 Å². The number of amides is 1. The number of piperidine rings is 1. The third-order valence-corrected chi connectivity index (χ3v) is 4.65. The molecule has 0 radical (unpaired) electrons. The Labute approximate surface area is 137 Å². The zero-order chi connectivity index (χ0) is 16.1. The van der Waals surface area contributed by atoms with Gasteiger partial charge in [0.2, 0.25) is 0 Å². The molecule has 23 heavy (non-hydrogen) atoms. The van der Waals surface area contributed by atoms with E-state index in [9.17, 15) is 4.79 Å². The zero-order valence-corrected chi connectivity index (χ0v) is 13.6. The van der Waals surface area contributed by atoms with E-state index in [2.05, 4.69) is 4.90 Å². The van der Waals surface area contributed by atoms with E-state index in [0.717, 1.165) is 44.3 Å². The van der Waals surface area contributed by atoms with Gasteiger partial charge in [0.15, 0.2) is 0 Å². The standard InChI is InChI=1S/C18H26N2O3/c21-12-11-19-10-4-7-17(13-19)20(16-8-9-16)18(22)23-14-15-5-2-1-3-6-15/h1-3,5-6,16-17,21H,4,7-14H2/t17-/m1/s1. The number of β-amino-alcohol motifs (C(OH)–C–C–N with tert-alkyl or cyclic N) is 1. The maximum absolute atomic E-state index is 12.6. The molecule has 1 heterocycles. The highest BCUT2D eigenvalue weighted by atomic mass is 16.6. The highest BCUT2D eigenvalue weighted by Crippen LogP contribution is 2.32. The van der Waals surface area contributed by atoms with Crippen molar-refractivity contribution in [2.45, 2.75) is 44.4 Å². The van der Waals surface area contributed by atoms with Crippen LogP contribution in [0.4, 0.5) is 4.79 Å². The molecule has 1 saturated heterocycles. The third-order valence-electron chi connectivity index (χ3n) is 4.65. The Morgan fingerprint density at radius 1 is 1.22 bits per heavy atom. The van der Waals surface area contributed by atoms with Crippen LogP contribution in [0.3, 0.4) is 0 Å². The van der Waals surface area contributed by atoms with Gasteiger partial charge in [-0.25, -0.2) is 4.79 Å². The second-order valence-electron chi connectivity index (χ2n) is 6.50. The summed E-state index contributed by atoms with van der Waals surface area (Å²) in [5.41, 5.74) is 1.02. The molecule has 0 spiro atoms. The third kappa shape index (κ3) is 4.45. The minimum absolute atomic E-state index is 0.175. The molecule has 1 atom stereocenters. The van der Waals surface area contributed by atoms with Gasteiger partial charge in [-0.15, -0.1) is 0 Å². The summed E-state index contributed by atoms with van der Waals surface area (Å²) >= 11 is 0. The molecular weight excluding hydrogens is 292 g/mol. The highest BCUT2D eigenvalue weighted by molar-refractivity contribution is 5.69. The Bertz CT molecular complexity index is 502. The number of carbonyl (C=O) groups excluding carboxylic acids is 1. The lowest BCUT2D eigenvalue weighted by molar-refractivity contribution is 0.0490. The van der Waals surface area contributed by atoms with Gasteiger partial charge in [0.25, 0.3) is 0 Å². The number of benzene rings is 1. The molecule has 0 bridgehead atoms. The van der Waals surface area contributed by atoms with Crippen LogP contribution >= 0.6 is 0 Å². The lowest BCUT2D eigenvalue weighted by Gasteiger charge is -2.38. The number of nitrogens with zero attached hydrogens (tertiary/aromatic N) is 2. The van der Waals surface area contributed by atoms with Gasteiger partial charge in [0, 0.05) is 25.2 Å². The number of aliphatic hydroxyl groups is 1. The molecule has 2 aliphatic rings. The second kappa shape index (κ2) is 7.79. The number of hydrogen-bond donors (Lipinski definition) is 1. The molecule has 0 aromatic heterocycles. The normalized spacial score (nSPS) is 21.9. The van der Waals surface area contributed by atoms with Crippen molar-refractivity contribution >= 4 is 6.09 Å². The van der Waals surface area contributed by atoms with Crippen molar-refractivity contribution in [3.05, 3.63) is 35.9 Å². The van der Waals surface area contributed by atoms with Gasteiger partial charge < -0.3 is 14.7 Å². The first-order valence-corrected chi connectivity index (χ1v) is 8.60. The van der Waals surface area contributed by atoms with Gasteiger partial charge in [-0.2, -0.15) is 0 Å². The topological polar surface area (TPSA) is 53.0 Å². The first kappa shape index (κ1) is 16.3. The fourth-order valence-electron chi connectivity index (χ4n) is 3.35. The number of hydrogen-bond acceptors (Lipinski definition) is 4. The molecule has 0 unspecified atom stereocenters. The Hall–Kier alpha value is -1.59. The van der Waals surface area contributed by atoms with Crippen molar-refractivity contribution < 1.29 is 14.6 Å². The maximum atomic E-state index is 12.6. The monoisotopic (exact) mass is 318 g/mol. The molecule has 1 aromatic rings. The number of ether oxygens (including phenoxy) is 1. The predicted molar refractivity (Wildman–Crippen MR) is 88.0 cm³/mol. The van der Waals surface area contributed by atoms with E-state index in [1.807, 2.05) is 35.2 Å². The van der Waals surface area contributed by atoms with E-state index in [-0.39, 0.29) is 18.7 Å². The lowest BCUT2D eigenvalue weighted by Crippen LogP contribution is -2.51. The molecule has 1 aliphatic heterocycles. The molecule has 5 nitrogen and oxygen atoms in total. The summed E-state index contributed by atoms with van der Waals surface area (Å²) in [6, 6.07) is 10.4. The molecule has 5 heteroatoms. The maximum Gasteiger partial charge on any atom is 0.410 e. The molecule has 1 saturated carbocycles. The van der Waals surface area contributed by atoms with Crippen LogP contribution < -0.4 is 0 Å². The molecule has 1 aromatic carbocycles. The summed E-state index contributed by atoms with van der Waals surface area (Å²) in [5, 5.41) is 9.14. The Kier molecular flexibility index (Phi) is 5.51. The van der Waals surface area contributed by atoms with E-state index in [1.165, 1.54) is 0 Å². The number of rotatable bonds is 6. The molecule has 126 valence electrons. The Morgan fingerprint density at radius 3 is 2.70 bits per heavy atom. The first-order valence-electron chi connectivity index (χ1n) is 8.60. The molecule has 3 rings (SSSR count). The van der Waals surface area contributed by atoms with Crippen LogP contribution in [0.5, 0.6) is 0 Å². The summed E-state index contributed by atoms with van der Waals surface area (Å²) < 4.78 is 5.56. The molecular formula is C18H26N2O3. The average molecular weight is 318 g/mol. The molecule has 2 fully saturated rings. The van der Waals surface area contributed by atoms with Gasteiger partial charge in [-0.3, -0.25) is 4.90 Å². The van der Waals surface area contributed by atoms with Crippen molar-refractivity contribution in [3.63, 3.8) is 0 Å². The van der Waals surface area contributed by atoms with Gasteiger partial charge in [-0.05, 0) is 37.8 Å². The SMILES string of the molecule is O=C(OCc1ccccc1)N(C1CC1)[C@@H]1CCCN(CCO)C1. The fourth-order valence-corrected chi connectivity index (χ4v) is 3.35. The highest BCUT2D eigenvalue weighted by Gasteiger charge is 2.39. The Morgan fingerprint density at radius 2 is 2.00 bits per heavy atom. The molecule has 1 aliphatic carbocycles. The van der Waals surface area contributed by atoms with E-state index in [0.29, 0.717) is 19.2 Å². The van der Waals surface area contributed by atoms with E-state index in [1.54, 1.807) is 0 Å². The van der Waals surface area contributed by atoms with E-state index < -0.39 is 0 Å². The quantitative estimate of drug-likeness (QED) is 0.874. The Balaban J connectivity index is 1.58. The lowest BCUT2D eigenvalue weighted by atomic mass is 10.0. The van der Waals surface area contributed by atoms with Gasteiger partial charge in [-0.1, -0.05) is 30.3 Å². The predicted octanol–water partition coefficient (Wildman–Crippen LogP) is 2.24. The summed E-state index contributed by atoms with van der Waals surface area (Å²) in [5.74, 6) is 0. The van der Waals surface area contributed by atoms with Crippen LogP contribution in [-0.2, 0) is 11.3 Å². The summed E-state index contributed by atoms with van der Waals surface area (Å²) in [4.78, 5) is 16.8. The minimum atomic E-state index is -0.188. The number of aliphatic hydroxyl groups excluding tert-OH is 1. The first-order chi connectivity index (χ1) is 11.3. The van der Waals surface area contributed by atoms with Crippen molar-refractivity contribution in [1.82, 2.24) is 9.80 Å². The van der Waals surface area contributed by atoms with E-state index in [4.69, 9.17) is 9.84 Å². The van der Waals surface area contributed by atoms with Crippen LogP contribution in [0.15, 0.2) is 30.3 Å². The largest absolute Gasteiger partial charge is 0.445 e. The smallest absolute Gasteiger partial charge is 0.410 e. The number of likely N-dealkylation sites (tertiary alicyclic amines) is 1. The fraction of sp³-hybridized carbons (Fsp3) is 0.611. The number of carbonyl (C=O) groups is 1. The van der Waals surface area contributed by atoms with Crippen molar-refractivity contribution in [1.29, 1.82) is 0 Å². The second-order valence-corrected chi connectivity index (χ2v) is 6.50. The van der Waals surface area contributed by atoms with Crippen LogP contribution in [0.1, 0.15) is 31.2 Å². The van der Waals surface area contributed by atoms with Crippen molar-refractivity contribution in [3.8, 4) is 0 Å². The van der Waals surface area contributed by atoms with Crippen molar-refractivity contribution in [2.24, 2.45) is 0 Å².